The summed E-state index contributed by atoms with van der Waals surface area (Å²) < 4.78 is 5.77. The average Bonchev–Trinajstić information content (AvgIpc) is 3.14. The van der Waals surface area contributed by atoms with Gasteiger partial charge >= 0.3 is 0 Å². The first kappa shape index (κ1) is 18.6. The van der Waals surface area contributed by atoms with E-state index in [0.717, 1.165) is 30.8 Å². The maximum Gasteiger partial charge on any atom is 0.220 e. The highest BCUT2D eigenvalue weighted by Crippen LogP contribution is 2.21. The molecular formula is C21H29N3O2. The Morgan fingerprint density at radius 2 is 1.96 bits per heavy atom. The molecule has 1 aromatic heterocycles. The van der Waals surface area contributed by atoms with Gasteiger partial charge < -0.3 is 14.6 Å². The molecule has 0 aliphatic carbocycles. The molecule has 0 saturated carbocycles. The fourth-order valence-corrected chi connectivity index (χ4v) is 3.30. The molecule has 1 amide bonds. The smallest absolute Gasteiger partial charge is 0.220 e. The maximum absolute atomic E-state index is 12.0. The molecule has 0 unspecified atom stereocenters. The molecule has 0 radical (unpaired) electrons. The highest BCUT2D eigenvalue weighted by molar-refractivity contribution is 5.76. The number of piperidine rings is 1. The third-order valence-corrected chi connectivity index (χ3v) is 4.88. The molecule has 26 heavy (non-hydrogen) atoms. The van der Waals surface area contributed by atoms with Gasteiger partial charge in [0, 0.05) is 24.9 Å². The van der Waals surface area contributed by atoms with Crippen molar-refractivity contribution in [3.63, 3.8) is 0 Å². The Balaban J connectivity index is 1.34. The van der Waals surface area contributed by atoms with Gasteiger partial charge in [-0.2, -0.15) is 0 Å². The van der Waals surface area contributed by atoms with Crippen molar-refractivity contribution in [2.45, 2.75) is 45.4 Å². The molecule has 1 aliphatic heterocycles. The van der Waals surface area contributed by atoms with Crippen LogP contribution in [0.1, 0.15) is 43.6 Å². The van der Waals surface area contributed by atoms with E-state index >= 15 is 0 Å². The summed E-state index contributed by atoms with van der Waals surface area (Å²) in [5.41, 5.74) is 2.22. The molecule has 5 heteroatoms. The van der Waals surface area contributed by atoms with Crippen LogP contribution in [-0.2, 0) is 11.2 Å². The third-order valence-electron chi connectivity index (χ3n) is 4.88. The van der Waals surface area contributed by atoms with Gasteiger partial charge in [-0.3, -0.25) is 4.79 Å². The summed E-state index contributed by atoms with van der Waals surface area (Å²) in [5, 5.41) is 3.00. The Hall–Kier alpha value is -2.14. The molecule has 5 nitrogen and oxygen atoms in total. The Morgan fingerprint density at radius 1 is 1.19 bits per heavy atom. The van der Waals surface area contributed by atoms with Crippen LogP contribution in [0, 0.1) is 6.92 Å². The average molecular weight is 355 g/mol. The van der Waals surface area contributed by atoms with E-state index in [1.807, 2.05) is 12.1 Å². The minimum Gasteiger partial charge on any atom is -0.441 e. The van der Waals surface area contributed by atoms with Crippen LogP contribution in [0.5, 0.6) is 0 Å². The van der Waals surface area contributed by atoms with E-state index in [2.05, 4.69) is 34.3 Å². The van der Waals surface area contributed by atoms with Crippen LogP contribution >= 0.6 is 0 Å². The summed E-state index contributed by atoms with van der Waals surface area (Å²) in [6.07, 6.45) is 7.68. The molecule has 0 bridgehead atoms. The molecule has 0 atom stereocenters. The number of carbonyl (C=O) groups is 1. The molecule has 0 spiro atoms. The van der Waals surface area contributed by atoms with Gasteiger partial charge in [0.2, 0.25) is 5.91 Å². The number of nitrogens with one attached hydrogen (secondary N) is 1. The van der Waals surface area contributed by atoms with Gasteiger partial charge in [0.25, 0.3) is 0 Å². The summed E-state index contributed by atoms with van der Waals surface area (Å²) >= 11 is 0. The normalized spacial score (nSPS) is 15.1. The lowest BCUT2D eigenvalue weighted by molar-refractivity contribution is -0.121. The van der Waals surface area contributed by atoms with Crippen molar-refractivity contribution in [2.75, 3.05) is 26.2 Å². The van der Waals surface area contributed by atoms with Gasteiger partial charge in [-0.25, -0.2) is 4.98 Å². The standard InChI is InChI=1S/C21H29N3O2/c1-17-6-8-18(9-7-17)19-16-23-21(26-19)11-10-20(25)22-12-5-15-24-13-3-2-4-14-24/h6-9,16H,2-5,10-15H2,1H3,(H,22,25). The number of amides is 1. The highest BCUT2D eigenvalue weighted by atomic mass is 16.4. The van der Waals surface area contributed by atoms with Crippen LogP contribution in [0.3, 0.4) is 0 Å². The number of carbonyl (C=O) groups excluding carboxylic acids is 1. The summed E-state index contributed by atoms with van der Waals surface area (Å²) in [4.78, 5) is 18.8. The van der Waals surface area contributed by atoms with Gasteiger partial charge in [0.05, 0.1) is 6.20 Å². The summed E-state index contributed by atoms with van der Waals surface area (Å²) in [5.74, 6) is 1.43. The van der Waals surface area contributed by atoms with Crippen LogP contribution in [0.2, 0.25) is 0 Å². The summed E-state index contributed by atoms with van der Waals surface area (Å²) in [6, 6.07) is 8.15. The van der Waals surface area contributed by atoms with Gasteiger partial charge in [-0.1, -0.05) is 36.2 Å². The molecule has 1 N–H and O–H groups in total. The van der Waals surface area contributed by atoms with Crippen molar-refractivity contribution < 1.29 is 9.21 Å². The number of hydrogen-bond acceptors (Lipinski definition) is 4. The minimum atomic E-state index is 0.0683. The van der Waals surface area contributed by atoms with Crippen molar-refractivity contribution in [3.05, 3.63) is 41.9 Å². The molecule has 1 saturated heterocycles. The van der Waals surface area contributed by atoms with Crippen LogP contribution in [0.15, 0.2) is 34.9 Å². The van der Waals surface area contributed by atoms with E-state index in [0.29, 0.717) is 18.7 Å². The second-order valence-corrected chi connectivity index (χ2v) is 7.09. The van der Waals surface area contributed by atoms with E-state index in [1.54, 1.807) is 6.20 Å². The van der Waals surface area contributed by atoms with Crippen LogP contribution < -0.4 is 5.32 Å². The van der Waals surface area contributed by atoms with Crippen molar-refractivity contribution in [1.29, 1.82) is 0 Å². The topological polar surface area (TPSA) is 58.4 Å². The Bertz CT molecular complexity index is 688. The Kier molecular flexibility index (Phi) is 6.83. The van der Waals surface area contributed by atoms with Gasteiger partial charge in [-0.15, -0.1) is 0 Å². The summed E-state index contributed by atoms with van der Waals surface area (Å²) in [7, 11) is 0. The van der Waals surface area contributed by atoms with E-state index in [9.17, 15) is 4.79 Å². The zero-order valence-electron chi connectivity index (χ0n) is 15.7. The van der Waals surface area contributed by atoms with Gasteiger partial charge in [-0.05, 0) is 45.8 Å². The first-order chi connectivity index (χ1) is 12.7. The molecule has 140 valence electrons. The van der Waals surface area contributed by atoms with Crippen LogP contribution in [-0.4, -0.2) is 42.0 Å². The first-order valence-corrected chi connectivity index (χ1v) is 9.71. The minimum absolute atomic E-state index is 0.0683. The van der Waals surface area contributed by atoms with Crippen molar-refractivity contribution in [1.82, 2.24) is 15.2 Å². The molecule has 1 aromatic carbocycles. The number of benzene rings is 1. The number of aromatic nitrogens is 1. The van der Waals surface area contributed by atoms with E-state index < -0.39 is 0 Å². The van der Waals surface area contributed by atoms with E-state index in [-0.39, 0.29) is 5.91 Å². The number of likely N-dealkylation sites (tertiary alicyclic amines) is 1. The van der Waals surface area contributed by atoms with Gasteiger partial charge in [0.1, 0.15) is 0 Å². The molecule has 1 fully saturated rings. The highest BCUT2D eigenvalue weighted by Gasteiger charge is 2.11. The molecule has 3 rings (SSSR count). The number of aryl methyl sites for hydroxylation is 2. The lowest BCUT2D eigenvalue weighted by Gasteiger charge is -2.26. The van der Waals surface area contributed by atoms with Crippen molar-refractivity contribution in [2.24, 2.45) is 0 Å². The van der Waals surface area contributed by atoms with Crippen LogP contribution in [0.25, 0.3) is 11.3 Å². The largest absolute Gasteiger partial charge is 0.441 e. The summed E-state index contributed by atoms with van der Waals surface area (Å²) in [6.45, 7) is 6.30. The molecule has 2 heterocycles. The predicted molar refractivity (Wildman–Crippen MR) is 103 cm³/mol. The predicted octanol–water partition coefficient (Wildman–Crippen LogP) is 3.57. The second kappa shape index (κ2) is 9.53. The lowest BCUT2D eigenvalue weighted by Crippen LogP contribution is -2.33. The molecular weight excluding hydrogens is 326 g/mol. The third kappa shape index (κ3) is 5.70. The zero-order valence-corrected chi connectivity index (χ0v) is 15.7. The van der Waals surface area contributed by atoms with Crippen molar-refractivity contribution >= 4 is 5.91 Å². The fourth-order valence-electron chi connectivity index (χ4n) is 3.30. The fraction of sp³-hybridized carbons (Fsp3) is 0.524. The quantitative estimate of drug-likeness (QED) is 0.736. The maximum atomic E-state index is 12.0. The number of rotatable bonds is 8. The number of oxazole rings is 1. The van der Waals surface area contributed by atoms with E-state index in [1.165, 1.54) is 37.9 Å². The van der Waals surface area contributed by atoms with Crippen LogP contribution in [0.4, 0.5) is 0 Å². The molecule has 1 aliphatic rings. The van der Waals surface area contributed by atoms with Gasteiger partial charge in [0.15, 0.2) is 11.7 Å². The monoisotopic (exact) mass is 355 g/mol. The Morgan fingerprint density at radius 3 is 2.73 bits per heavy atom. The second-order valence-electron chi connectivity index (χ2n) is 7.09. The zero-order chi connectivity index (χ0) is 18.2. The van der Waals surface area contributed by atoms with E-state index in [4.69, 9.17) is 4.42 Å². The first-order valence-electron chi connectivity index (χ1n) is 9.71. The SMILES string of the molecule is Cc1ccc(-c2cnc(CCC(=O)NCCCN3CCCCC3)o2)cc1. The van der Waals surface area contributed by atoms with Crippen molar-refractivity contribution in [3.8, 4) is 11.3 Å². The number of hydrogen-bond donors (Lipinski definition) is 1. The lowest BCUT2D eigenvalue weighted by atomic mass is 10.1. The number of nitrogens with zero attached hydrogens (tertiary/aromatic N) is 2. The Labute approximate surface area is 155 Å². The molecule has 2 aromatic rings.